The van der Waals surface area contributed by atoms with E-state index in [1.54, 1.807) is 6.07 Å². The topological polar surface area (TPSA) is 46.2 Å². The van der Waals surface area contributed by atoms with Gasteiger partial charge >= 0.3 is 0 Å². The Hall–Kier alpha value is -0.280. The largest absolute Gasteiger partial charge is 0.389 e. The summed E-state index contributed by atoms with van der Waals surface area (Å²) in [7, 11) is 0. The van der Waals surface area contributed by atoms with Crippen molar-refractivity contribution in [2.24, 2.45) is 5.73 Å². The van der Waals surface area contributed by atoms with Crippen LogP contribution in [0, 0.1) is 0 Å². The van der Waals surface area contributed by atoms with Crippen LogP contribution in [-0.2, 0) is 6.42 Å². The standard InChI is InChI=1S/C12H15Cl2NO/c13-10-2-1-8(5-11(10)14)6-12(16)4-3-9(15)7-12/h1-2,5,9,16H,3-4,6-7,15H2. The highest BCUT2D eigenvalue weighted by atomic mass is 35.5. The summed E-state index contributed by atoms with van der Waals surface area (Å²) in [4.78, 5) is 0. The van der Waals surface area contributed by atoms with Gasteiger partial charge < -0.3 is 10.8 Å². The van der Waals surface area contributed by atoms with Crippen LogP contribution in [0.3, 0.4) is 0 Å². The van der Waals surface area contributed by atoms with Crippen molar-refractivity contribution in [1.82, 2.24) is 0 Å². The number of hydrogen-bond acceptors (Lipinski definition) is 2. The molecule has 4 heteroatoms. The molecule has 1 aliphatic rings. The van der Waals surface area contributed by atoms with Gasteiger partial charge in [-0.05, 0) is 37.0 Å². The van der Waals surface area contributed by atoms with Crippen LogP contribution in [0.4, 0.5) is 0 Å². The van der Waals surface area contributed by atoms with Crippen LogP contribution in [0.1, 0.15) is 24.8 Å². The van der Waals surface area contributed by atoms with E-state index in [4.69, 9.17) is 28.9 Å². The number of hydrogen-bond donors (Lipinski definition) is 2. The van der Waals surface area contributed by atoms with Gasteiger partial charge in [0.1, 0.15) is 0 Å². The monoisotopic (exact) mass is 259 g/mol. The molecule has 2 rings (SSSR count). The Bertz CT molecular complexity index is 397. The molecule has 3 N–H and O–H groups in total. The molecule has 0 saturated heterocycles. The zero-order valence-electron chi connectivity index (χ0n) is 8.92. The summed E-state index contributed by atoms with van der Waals surface area (Å²) >= 11 is 11.8. The quantitative estimate of drug-likeness (QED) is 0.858. The summed E-state index contributed by atoms with van der Waals surface area (Å²) in [6, 6.07) is 5.59. The Morgan fingerprint density at radius 3 is 2.69 bits per heavy atom. The van der Waals surface area contributed by atoms with Crippen molar-refractivity contribution in [2.75, 3.05) is 0 Å². The average Bonchev–Trinajstić information content (AvgIpc) is 2.52. The van der Waals surface area contributed by atoms with E-state index < -0.39 is 5.60 Å². The van der Waals surface area contributed by atoms with Gasteiger partial charge in [-0.25, -0.2) is 0 Å². The third-order valence-electron chi connectivity index (χ3n) is 3.14. The molecule has 0 spiro atoms. The SMILES string of the molecule is NC1CCC(O)(Cc2ccc(Cl)c(Cl)c2)C1. The van der Waals surface area contributed by atoms with E-state index in [0.29, 0.717) is 22.9 Å². The summed E-state index contributed by atoms with van der Waals surface area (Å²) in [5, 5.41) is 11.4. The van der Waals surface area contributed by atoms with E-state index >= 15 is 0 Å². The second-order valence-electron chi connectivity index (χ2n) is 4.65. The fourth-order valence-electron chi connectivity index (χ4n) is 2.34. The van der Waals surface area contributed by atoms with E-state index in [0.717, 1.165) is 18.4 Å². The first-order valence-corrected chi connectivity index (χ1v) is 6.16. The Labute approximate surface area is 105 Å². The van der Waals surface area contributed by atoms with Crippen molar-refractivity contribution in [3.8, 4) is 0 Å². The Morgan fingerprint density at radius 2 is 2.12 bits per heavy atom. The molecule has 0 aromatic heterocycles. The molecular formula is C12H15Cl2NO. The highest BCUT2D eigenvalue weighted by Crippen LogP contribution is 2.33. The van der Waals surface area contributed by atoms with Gasteiger partial charge in [0.15, 0.2) is 0 Å². The van der Waals surface area contributed by atoms with Gasteiger partial charge in [0.25, 0.3) is 0 Å². The van der Waals surface area contributed by atoms with Gasteiger partial charge in [0.2, 0.25) is 0 Å². The molecule has 0 radical (unpaired) electrons. The van der Waals surface area contributed by atoms with Crippen LogP contribution in [0.15, 0.2) is 18.2 Å². The molecule has 1 saturated carbocycles. The van der Waals surface area contributed by atoms with Crippen molar-refractivity contribution in [2.45, 2.75) is 37.3 Å². The van der Waals surface area contributed by atoms with Crippen LogP contribution < -0.4 is 5.73 Å². The number of rotatable bonds is 2. The molecule has 1 aliphatic carbocycles. The summed E-state index contributed by atoms with van der Waals surface area (Å²) < 4.78 is 0. The molecule has 0 bridgehead atoms. The van der Waals surface area contributed by atoms with Crippen molar-refractivity contribution >= 4 is 23.2 Å². The van der Waals surface area contributed by atoms with Crippen molar-refractivity contribution in [3.05, 3.63) is 33.8 Å². The molecule has 16 heavy (non-hydrogen) atoms. The zero-order valence-corrected chi connectivity index (χ0v) is 10.4. The lowest BCUT2D eigenvalue weighted by molar-refractivity contribution is 0.0469. The summed E-state index contributed by atoms with van der Waals surface area (Å²) in [6.45, 7) is 0. The molecule has 0 amide bonds. The van der Waals surface area contributed by atoms with Gasteiger partial charge in [-0.1, -0.05) is 29.3 Å². The van der Waals surface area contributed by atoms with E-state index in [1.807, 2.05) is 12.1 Å². The third-order valence-corrected chi connectivity index (χ3v) is 3.88. The fourth-order valence-corrected chi connectivity index (χ4v) is 2.66. The minimum Gasteiger partial charge on any atom is -0.389 e. The second-order valence-corrected chi connectivity index (χ2v) is 5.47. The van der Waals surface area contributed by atoms with E-state index in [1.165, 1.54) is 0 Å². The van der Waals surface area contributed by atoms with Crippen LogP contribution >= 0.6 is 23.2 Å². The number of aliphatic hydroxyl groups is 1. The summed E-state index contributed by atoms with van der Waals surface area (Å²) in [5.74, 6) is 0. The van der Waals surface area contributed by atoms with Gasteiger partial charge in [-0.3, -0.25) is 0 Å². The van der Waals surface area contributed by atoms with Crippen LogP contribution in [0.25, 0.3) is 0 Å². The van der Waals surface area contributed by atoms with Gasteiger partial charge in [0.05, 0.1) is 15.6 Å². The molecule has 88 valence electrons. The molecule has 0 heterocycles. The van der Waals surface area contributed by atoms with E-state index in [-0.39, 0.29) is 6.04 Å². The molecule has 1 fully saturated rings. The maximum absolute atomic E-state index is 10.3. The first kappa shape index (κ1) is 12.2. The Balaban J connectivity index is 2.12. The Morgan fingerprint density at radius 1 is 1.38 bits per heavy atom. The van der Waals surface area contributed by atoms with Crippen LogP contribution in [0.5, 0.6) is 0 Å². The maximum Gasteiger partial charge on any atom is 0.0703 e. The van der Waals surface area contributed by atoms with Crippen LogP contribution in [-0.4, -0.2) is 16.7 Å². The van der Waals surface area contributed by atoms with Crippen molar-refractivity contribution in [3.63, 3.8) is 0 Å². The lowest BCUT2D eigenvalue weighted by Gasteiger charge is -2.22. The highest BCUT2D eigenvalue weighted by Gasteiger charge is 2.35. The molecule has 0 aliphatic heterocycles. The van der Waals surface area contributed by atoms with E-state index in [2.05, 4.69) is 0 Å². The van der Waals surface area contributed by atoms with Gasteiger partial charge in [-0.2, -0.15) is 0 Å². The third kappa shape index (κ3) is 2.69. The Kier molecular flexibility index (Phi) is 3.45. The first-order valence-electron chi connectivity index (χ1n) is 5.40. The highest BCUT2D eigenvalue weighted by molar-refractivity contribution is 6.42. The number of benzene rings is 1. The molecule has 1 aromatic carbocycles. The minimum absolute atomic E-state index is 0.118. The van der Waals surface area contributed by atoms with Crippen molar-refractivity contribution < 1.29 is 5.11 Å². The maximum atomic E-state index is 10.3. The predicted octanol–water partition coefficient (Wildman–Crippen LogP) is 2.78. The van der Waals surface area contributed by atoms with Gasteiger partial charge in [-0.15, -0.1) is 0 Å². The molecular weight excluding hydrogens is 245 g/mol. The predicted molar refractivity (Wildman–Crippen MR) is 66.9 cm³/mol. The fraction of sp³-hybridized carbons (Fsp3) is 0.500. The molecule has 2 atom stereocenters. The lowest BCUT2D eigenvalue weighted by Crippen LogP contribution is -2.30. The average molecular weight is 260 g/mol. The zero-order chi connectivity index (χ0) is 11.8. The summed E-state index contributed by atoms with van der Waals surface area (Å²) in [6.07, 6.45) is 2.90. The molecule has 2 unspecified atom stereocenters. The van der Waals surface area contributed by atoms with Crippen LogP contribution in [0.2, 0.25) is 10.0 Å². The molecule has 2 nitrogen and oxygen atoms in total. The van der Waals surface area contributed by atoms with E-state index in [9.17, 15) is 5.11 Å². The normalized spacial score (nSPS) is 29.6. The summed E-state index contributed by atoms with van der Waals surface area (Å²) in [5.41, 5.74) is 6.15. The first-order chi connectivity index (χ1) is 7.48. The van der Waals surface area contributed by atoms with Crippen molar-refractivity contribution in [1.29, 1.82) is 0 Å². The smallest absolute Gasteiger partial charge is 0.0703 e. The lowest BCUT2D eigenvalue weighted by atomic mass is 9.93. The minimum atomic E-state index is -0.670. The number of nitrogens with two attached hydrogens (primary N) is 1. The molecule has 1 aromatic rings. The van der Waals surface area contributed by atoms with Gasteiger partial charge in [0, 0.05) is 12.5 Å². The number of halogens is 2. The second kappa shape index (κ2) is 4.53.